The van der Waals surface area contributed by atoms with Crippen LogP contribution in [0.2, 0.25) is 0 Å². The smallest absolute Gasteiger partial charge is 0.0428 e. The second-order valence-corrected chi connectivity index (χ2v) is 1.76. The van der Waals surface area contributed by atoms with E-state index in [4.69, 9.17) is 5.73 Å². The Morgan fingerprint density at radius 2 is 2.12 bits per heavy atom. The minimum absolute atomic E-state index is 0.594. The topological polar surface area (TPSA) is 38.0 Å². The number of nitrogens with two attached hydrogens (primary N) is 1. The number of hydrogen-bond donors (Lipinski definition) is 2. The van der Waals surface area contributed by atoms with Crippen molar-refractivity contribution in [2.75, 3.05) is 13.2 Å². The Kier molecular flexibility index (Phi) is 6.85. The molecule has 0 aromatic rings. The van der Waals surface area contributed by atoms with Crippen LogP contribution in [0.25, 0.3) is 0 Å². The average molecular weight is 115 g/mol. The lowest BCUT2D eigenvalue weighted by molar-refractivity contribution is 0.636. The van der Waals surface area contributed by atoms with Gasteiger partial charge >= 0.3 is 0 Å². The van der Waals surface area contributed by atoms with Crippen molar-refractivity contribution in [3.8, 4) is 0 Å². The Morgan fingerprint density at radius 3 is 2.62 bits per heavy atom. The first-order chi connectivity index (χ1) is 3.91. The first-order valence-electron chi connectivity index (χ1n) is 3.12. The molecular weight excluding hydrogens is 100 g/mol. The van der Waals surface area contributed by atoms with Gasteiger partial charge in [0.25, 0.3) is 0 Å². The molecule has 0 rings (SSSR count). The van der Waals surface area contributed by atoms with Crippen LogP contribution in [0.15, 0.2) is 0 Å². The lowest BCUT2D eigenvalue weighted by atomic mass is 10.2. The first kappa shape index (κ1) is 7.92. The molecule has 0 amide bonds. The molecule has 0 bridgehead atoms. The van der Waals surface area contributed by atoms with Crippen LogP contribution >= 0.6 is 0 Å². The Morgan fingerprint density at radius 1 is 1.38 bits per heavy atom. The summed E-state index contributed by atoms with van der Waals surface area (Å²) in [5.41, 5.74) is 5.18. The zero-order valence-corrected chi connectivity index (χ0v) is 5.32. The highest BCUT2D eigenvalue weighted by Gasteiger charge is 1.81. The highest BCUT2D eigenvalue weighted by molar-refractivity contribution is 4.45. The third-order valence-electron chi connectivity index (χ3n) is 0.998. The first-order valence-corrected chi connectivity index (χ1v) is 3.12. The van der Waals surface area contributed by atoms with E-state index in [9.17, 15) is 0 Å². The second-order valence-electron chi connectivity index (χ2n) is 1.76. The molecule has 0 aliphatic rings. The Labute approximate surface area is 51.5 Å². The van der Waals surface area contributed by atoms with Gasteiger partial charge in [0.2, 0.25) is 0 Å². The number of unbranched alkanes of at least 4 members (excludes halogenated alkanes) is 2. The standard InChI is InChI=1S/C6H15N2/c1-2-3-4-5-8-6-7/h8H,1-7H2. The van der Waals surface area contributed by atoms with Crippen LogP contribution in [-0.4, -0.2) is 13.2 Å². The summed E-state index contributed by atoms with van der Waals surface area (Å²) in [6.45, 7) is 5.35. The molecule has 0 saturated carbocycles. The monoisotopic (exact) mass is 115 g/mol. The molecule has 3 N–H and O–H groups in total. The van der Waals surface area contributed by atoms with Gasteiger partial charge in [0.05, 0.1) is 0 Å². The van der Waals surface area contributed by atoms with Gasteiger partial charge in [-0.1, -0.05) is 19.8 Å². The maximum Gasteiger partial charge on any atom is 0.0428 e. The Hall–Kier alpha value is -0.0800. The van der Waals surface area contributed by atoms with Gasteiger partial charge in [0, 0.05) is 6.67 Å². The van der Waals surface area contributed by atoms with Gasteiger partial charge in [-0.3, -0.25) is 0 Å². The lowest BCUT2D eigenvalue weighted by Gasteiger charge is -1.97. The van der Waals surface area contributed by atoms with E-state index in [1.807, 2.05) is 0 Å². The summed E-state index contributed by atoms with van der Waals surface area (Å²) in [6.07, 6.45) is 3.43. The summed E-state index contributed by atoms with van der Waals surface area (Å²) in [6, 6.07) is 0. The van der Waals surface area contributed by atoms with Crippen molar-refractivity contribution in [2.24, 2.45) is 5.73 Å². The summed E-state index contributed by atoms with van der Waals surface area (Å²) in [7, 11) is 0. The molecule has 0 aromatic heterocycles. The van der Waals surface area contributed by atoms with Gasteiger partial charge < -0.3 is 11.1 Å². The van der Waals surface area contributed by atoms with Crippen LogP contribution in [0.5, 0.6) is 0 Å². The fourth-order valence-corrected chi connectivity index (χ4v) is 0.529. The van der Waals surface area contributed by atoms with Gasteiger partial charge in [-0.15, -0.1) is 0 Å². The Bertz CT molecular complexity index is 31.5. The minimum atomic E-state index is 0.594. The Balaban J connectivity index is 2.53. The van der Waals surface area contributed by atoms with E-state index < -0.39 is 0 Å². The molecule has 0 saturated heterocycles. The van der Waals surface area contributed by atoms with Crippen LogP contribution in [-0.2, 0) is 0 Å². The largest absolute Gasteiger partial charge is 0.318 e. The molecule has 2 nitrogen and oxygen atoms in total. The van der Waals surface area contributed by atoms with E-state index in [1.165, 1.54) is 12.8 Å². The average Bonchev–Trinajstić information content (AvgIpc) is 1.81. The molecule has 2 heteroatoms. The van der Waals surface area contributed by atoms with Crippen molar-refractivity contribution in [3.05, 3.63) is 6.92 Å². The van der Waals surface area contributed by atoms with Crippen molar-refractivity contribution >= 4 is 0 Å². The summed E-state index contributed by atoms with van der Waals surface area (Å²) < 4.78 is 0. The van der Waals surface area contributed by atoms with E-state index in [0.717, 1.165) is 13.0 Å². The van der Waals surface area contributed by atoms with Gasteiger partial charge in [0.15, 0.2) is 0 Å². The predicted octanol–water partition coefficient (Wildman–Crippen LogP) is 0.497. The minimum Gasteiger partial charge on any atom is -0.318 e. The third kappa shape index (κ3) is 5.92. The summed E-state index contributed by atoms with van der Waals surface area (Å²) in [5.74, 6) is 0. The summed E-state index contributed by atoms with van der Waals surface area (Å²) in [5, 5.41) is 3.03. The predicted molar refractivity (Wildman–Crippen MR) is 36.3 cm³/mol. The van der Waals surface area contributed by atoms with Crippen molar-refractivity contribution < 1.29 is 0 Å². The zero-order chi connectivity index (χ0) is 6.24. The molecule has 49 valence electrons. The second kappa shape index (κ2) is 6.92. The van der Waals surface area contributed by atoms with E-state index >= 15 is 0 Å². The SMILES string of the molecule is [CH2]CCCCNCN. The molecule has 0 atom stereocenters. The molecule has 0 unspecified atom stereocenters. The maximum absolute atomic E-state index is 5.18. The van der Waals surface area contributed by atoms with Crippen molar-refractivity contribution in [1.29, 1.82) is 0 Å². The van der Waals surface area contributed by atoms with Gasteiger partial charge in [0.1, 0.15) is 0 Å². The van der Waals surface area contributed by atoms with Gasteiger partial charge in [-0.2, -0.15) is 0 Å². The van der Waals surface area contributed by atoms with Crippen molar-refractivity contribution in [3.63, 3.8) is 0 Å². The molecule has 0 aliphatic carbocycles. The van der Waals surface area contributed by atoms with E-state index in [0.29, 0.717) is 6.67 Å². The fourth-order valence-electron chi connectivity index (χ4n) is 0.529. The zero-order valence-electron chi connectivity index (χ0n) is 5.32. The molecule has 0 heterocycles. The van der Waals surface area contributed by atoms with Crippen molar-refractivity contribution in [1.82, 2.24) is 5.32 Å². The quantitative estimate of drug-likeness (QED) is 0.404. The van der Waals surface area contributed by atoms with Crippen molar-refractivity contribution in [2.45, 2.75) is 19.3 Å². The van der Waals surface area contributed by atoms with Gasteiger partial charge in [-0.25, -0.2) is 0 Å². The normalized spacial score (nSPS) is 9.75. The van der Waals surface area contributed by atoms with Crippen LogP contribution < -0.4 is 11.1 Å². The van der Waals surface area contributed by atoms with E-state index in [2.05, 4.69) is 12.2 Å². The number of rotatable bonds is 5. The number of nitrogens with one attached hydrogen (secondary N) is 1. The summed E-state index contributed by atoms with van der Waals surface area (Å²) >= 11 is 0. The highest BCUT2D eigenvalue weighted by atomic mass is 14.9. The lowest BCUT2D eigenvalue weighted by Crippen LogP contribution is -2.22. The molecule has 0 fully saturated rings. The molecule has 1 radical (unpaired) electrons. The van der Waals surface area contributed by atoms with E-state index in [1.54, 1.807) is 0 Å². The molecule has 0 spiro atoms. The third-order valence-corrected chi connectivity index (χ3v) is 0.998. The summed E-state index contributed by atoms with van der Waals surface area (Å²) in [4.78, 5) is 0. The van der Waals surface area contributed by atoms with Crippen LogP contribution in [0.4, 0.5) is 0 Å². The number of hydrogen-bond acceptors (Lipinski definition) is 2. The van der Waals surface area contributed by atoms with Crippen LogP contribution in [0.3, 0.4) is 0 Å². The molecular formula is C6H15N2. The molecule has 8 heavy (non-hydrogen) atoms. The molecule has 0 aromatic carbocycles. The molecule has 0 aliphatic heterocycles. The van der Waals surface area contributed by atoms with E-state index in [-0.39, 0.29) is 0 Å². The van der Waals surface area contributed by atoms with Gasteiger partial charge in [-0.05, 0) is 13.0 Å². The maximum atomic E-state index is 5.18. The highest BCUT2D eigenvalue weighted by Crippen LogP contribution is 1.89. The van der Waals surface area contributed by atoms with Crippen LogP contribution in [0, 0.1) is 6.92 Å². The van der Waals surface area contributed by atoms with Crippen LogP contribution in [0.1, 0.15) is 19.3 Å². The fraction of sp³-hybridized carbons (Fsp3) is 0.833.